The van der Waals surface area contributed by atoms with Crippen molar-refractivity contribution in [1.82, 2.24) is 19.4 Å². The van der Waals surface area contributed by atoms with Gasteiger partial charge in [0, 0.05) is 50.9 Å². The van der Waals surface area contributed by atoms with E-state index in [1.54, 1.807) is 0 Å². The number of likely N-dealkylation sites (tertiary alicyclic amines) is 1. The highest BCUT2D eigenvalue weighted by Crippen LogP contribution is 2.27. The molecule has 1 aromatic heterocycles. The molecule has 0 radical (unpaired) electrons. The summed E-state index contributed by atoms with van der Waals surface area (Å²) in [6.07, 6.45) is 7.20. The second-order valence-corrected chi connectivity index (χ2v) is 12.3. The number of carbonyl (C=O) groups excluding carboxylic acids is 1. The number of carbonyl (C=O) groups is 1. The maximum atomic E-state index is 12.6. The van der Waals surface area contributed by atoms with Crippen molar-refractivity contribution in [3.8, 4) is 0 Å². The minimum atomic E-state index is -1.19. The zero-order chi connectivity index (χ0) is 20.0. The van der Waals surface area contributed by atoms with Crippen LogP contribution >= 0.6 is 0 Å². The second-order valence-electron chi connectivity index (χ2n) is 8.99. The van der Waals surface area contributed by atoms with Crippen LogP contribution in [0.2, 0.25) is 11.6 Å². The van der Waals surface area contributed by atoms with Gasteiger partial charge in [0.2, 0.25) is 5.91 Å². The fourth-order valence-corrected chi connectivity index (χ4v) is 4.32. The number of aromatic nitrogens is 2. The number of rotatable bonds is 8. The number of imidazole rings is 1. The first-order valence-corrected chi connectivity index (χ1v) is 12.4. The number of nitrogens with zero attached hydrogens (tertiary/aromatic N) is 4. The van der Waals surface area contributed by atoms with Gasteiger partial charge in [-0.25, -0.2) is 4.98 Å². The van der Waals surface area contributed by atoms with Crippen LogP contribution in [-0.2, 0) is 22.2 Å². The zero-order valence-electron chi connectivity index (χ0n) is 18.1. The Bertz CT molecular complexity index is 589. The van der Waals surface area contributed by atoms with Crippen molar-refractivity contribution in [2.24, 2.45) is 0 Å². The summed E-state index contributed by atoms with van der Waals surface area (Å²) >= 11 is 0. The summed E-state index contributed by atoms with van der Waals surface area (Å²) in [6, 6.07) is 0.604. The number of aryl methyl sites for hydroxylation is 1. The molecule has 0 spiro atoms. The lowest BCUT2D eigenvalue weighted by atomic mass is 10.0. The van der Waals surface area contributed by atoms with Crippen molar-refractivity contribution in [2.45, 2.75) is 70.6 Å². The van der Waals surface area contributed by atoms with Gasteiger partial charge in [-0.05, 0) is 38.5 Å². The molecule has 0 aliphatic carbocycles. The highest BCUT2D eigenvalue weighted by Gasteiger charge is 2.24. The third kappa shape index (κ3) is 6.73. The average Bonchev–Trinajstić information content (AvgIpc) is 3.06. The number of hydrogen-bond donors (Lipinski definition) is 0. The molecule has 0 N–H and O–H groups in total. The number of hydrogen-bond acceptors (Lipinski definition) is 4. The Balaban J connectivity index is 1.75. The standard InChI is InChI=1S/C20H38N4O2Si/c1-20(2,3)27(6)26-16-15-23-14-11-21-18(23)7-8-19(25)24-12-9-17(10-13-24)22(4)5/h11,14,17,27H,7-10,12-13,15-16H2,1-6H3. The van der Waals surface area contributed by atoms with Gasteiger partial charge in [0.15, 0.2) is 9.04 Å². The summed E-state index contributed by atoms with van der Waals surface area (Å²) < 4.78 is 8.23. The molecule has 1 aliphatic rings. The molecule has 2 rings (SSSR count). The van der Waals surface area contributed by atoms with E-state index in [1.807, 2.05) is 17.3 Å². The zero-order valence-corrected chi connectivity index (χ0v) is 19.2. The Hall–Kier alpha value is -1.18. The van der Waals surface area contributed by atoms with E-state index in [-0.39, 0.29) is 10.9 Å². The molecule has 1 unspecified atom stereocenters. The van der Waals surface area contributed by atoms with Crippen molar-refractivity contribution >= 4 is 14.9 Å². The first-order chi connectivity index (χ1) is 12.7. The minimum absolute atomic E-state index is 0.256. The van der Waals surface area contributed by atoms with Crippen LogP contribution in [-0.4, -0.2) is 74.1 Å². The second kappa shape index (κ2) is 9.84. The Labute approximate surface area is 166 Å². The smallest absolute Gasteiger partial charge is 0.223 e. The van der Waals surface area contributed by atoms with Crippen molar-refractivity contribution in [2.75, 3.05) is 33.8 Å². The van der Waals surface area contributed by atoms with Crippen LogP contribution in [0.5, 0.6) is 0 Å². The van der Waals surface area contributed by atoms with Crippen molar-refractivity contribution in [3.63, 3.8) is 0 Å². The summed E-state index contributed by atoms with van der Waals surface area (Å²) in [5.74, 6) is 1.24. The molecule has 1 aromatic rings. The van der Waals surface area contributed by atoms with Crippen LogP contribution in [0, 0.1) is 0 Å². The van der Waals surface area contributed by atoms with Gasteiger partial charge < -0.3 is 18.8 Å². The summed E-state index contributed by atoms with van der Waals surface area (Å²) in [6.45, 7) is 12.3. The van der Waals surface area contributed by atoms with Gasteiger partial charge in [0.05, 0.1) is 6.61 Å². The van der Waals surface area contributed by atoms with E-state index in [0.29, 0.717) is 18.9 Å². The molecule has 1 saturated heterocycles. The fourth-order valence-electron chi connectivity index (χ4n) is 3.36. The SMILES string of the molecule is CN(C)C1CCN(C(=O)CCc2nccn2CCO[SiH](C)C(C)(C)C)CC1. The maximum Gasteiger partial charge on any atom is 0.223 e. The minimum Gasteiger partial charge on any atom is -0.418 e. The highest BCUT2D eigenvalue weighted by atomic mass is 28.3. The largest absolute Gasteiger partial charge is 0.418 e. The first-order valence-electron chi connectivity index (χ1n) is 10.2. The predicted molar refractivity (Wildman–Crippen MR) is 113 cm³/mol. The van der Waals surface area contributed by atoms with Gasteiger partial charge >= 0.3 is 0 Å². The number of piperidine rings is 1. The van der Waals surface area contributed by atoms with Crippen molar-refractivity contribution in [1.29, 1.82) is 0 Å². The molecule has 1 fully saturated rings. The van der Waals surface area contributed by atoms with E-state index in [9.17, 15) is 4.79 Å². The predicted octanol–water partition coefficient (Wildman–Crippen LogP) is 2.54. The van der Waals surface area contributed by atoms with Crippen LogP contribution < -0.4 is 0 Å². The molecule has 1 amide bonds. The molecular formula is C20H38N4O2Si. The normalized spacial score (nSPS) is 17.5. The van der Waals surface area contributed by atoms with Crippen molar-refractivity contribution in [3.05, 3.63) is 18.2 Å². The Morgan fingerprint density at radius 1 is 1.33 bits per heavy atom. The lowest BCUT2D eigenvalue weighted by molar-refractivity contribution is -0.132. The molecule has 27 heavy (non-hydrogen) atoms. The van der Waals surface area contributed by atoms with Crippen LogP contribution in [0.25, 0.3) is 0 Å². The molecular weight excluding hydrogens is 356 g/mol. The molecule has 154 valence electrons. The summed E-state index contributed by atoms with van der Waals surface area (Å²) in [5.41, 5.74) is 0. The van der Waals surface area contributed by atoms with E-state index in [1.165, 1.54) is 0 Å². The van der Waals surface area contributed by atoms with E-state index in [4.69, 9.17) is 4.43 Å². The monoisotopic (exact) mass is 394 g/mol. The fraction of sp³-hybridized carbons (Fsp3) is 0.800. The maximum absolute atomic E-state index is 12.6. The molecule has 1 atom stereocenters. The third-order valence-corrected chi connectivity index (χ3v) is 9.01. The quantitative estimate of drug-likeness (QED) is 0.636. The van der Waals surface area contributed by atoms with E-state index in [0.717, 1.165) is 44.9 Å². The van der Waals surface area contributed by atoms with Crippen LogP contribution in [0.3, 0.4) is 0 Å². The van der Waals surface area contributed by atoms with Gasteiger partial charge in [-0.15, -0.1) is 0 Å². The van der Waals surface area contributed by atoms with Crippen molar-refractivity contribution < 1.29 is 9.22 Å². The molecule has 0 bridgehead atoms. The first kappa shape index (κ1) is 22.1. The Morgan fingerprint density at radius 3 is 2.59 bits per heavy atom. The van der Waals surface area contributed by atoms with Crippen LogP contribution in [0.15, 0.2) is 12.4 Å². The molecule has 2 heterocycles. The highest BCUT2D eigenvalue weighted by molar-refractivity contribution is 6.53. The molecule has 0 aromatic carbocycles. The molecule has 0 saturated carbocycles. The molecule has 1 aliphatic heterocycles. The van der Waals surface area contributed by atoms with Crippen LogP contribution in [0.1, 0.15) is 45.9 Å². The Morgan fingerprint density at radius 2 is 2.00 bits per heavy atom. The van der Waals surface area contributed by atoms with Gasteiger partial charge in [-0.2, -0.15) is 0 Å². The van der Waals surface area contributed by atoms with Crippen LogP contribution in [0.4, 0.5) is 0 Å². The summed E-state index contributed by atoms with van der Waals surface area (Å²) in [4.78, 5) is 21.3. The molecule has 7 heteroatoms. The summed E-state index contributed by atoms with van der Waals surface area (Å²) in [5, 5.41) is 0.282. The number of amides is 1. The van der Waals surface area contributed by atoms with Gasteiger partial charge in [-0.1, -0.05) is 20.8 Å². The average molecular weight is 395 g/mol. The van der Waals surface area contributed by atoms with Gasteiger partial charge in [0.1, 0.15) is 5.82 Å². The van der Waals surface area contributed by atoms with E-state index >= 15 is 0 Å². The Kier molecular flexibility index (Phi) is 8.06. The lowest BCUT2D eigenvalue weighted by Crippen LogP contribution is -2.44. The lowest BCUT2D eigenvalue weighted by Gasteiger charge is -2.35. The van der Waals surface area contributed by atoms with E-state index < -0.39 is 9.04 Å². The van der Waals surface area contributed by atoms with E-state index in [2.05, 4.69) is 55.9 Å². The summed E-state index contributed by atoms with van der Waals surface area (Å²) in [7, 11) is 3.05. The van der Waals surface area contributed by atoms with Gasteiger partial charge in [-0.3, -0.25) is 4.79 Å². The van der Waals surface area contributed by atoms with Gasteiger partial charge in [0.25, 0.3) is 0 Å². The molecule has 6 nitrogen and oxygen atoms in total. The topological polar surface area (TPSA) is 50.6 Å². The third-order valence-electron chi connectivity index (χ3n) is 5.83.